The van der Waals surface area contributed by atoms with Crippen LogP contribution in [0.2, 0.25) is 5.02 Å². The van der Waals surface area contributed by atoms with Crippen molar-refractivity contribution in [1.29, 1.82) is 0 Å². The van der Waals surface area contributed by atoms with Crippen LogP contribution < -0.4 is 0 Å². The molecule has 4 heteroatoms. The first-order valence-corrected chi connectivity index (χ1v) is 6.65. The van der Waals surface area contributed by atoms with Crippen molar-refractivity contribution < 1.29 is 0 Å². The van der Waals surface area contributed by atoms with Gasteiger partial charge in [-0.25, -0.2) is 4.98 Å². The molecule has 0 saturated heterocycles. The van der Waals surface area contributed by atoms with E-state index in [2.05, 4.69) is 9.97 Å². The molecule has 2 nitrogen and oxygen atoms in total. The molecule has 0 bridgehead atoms. The molecule has 3 rings (SSSR count). The summed E-state index contributed by atoms with van der Waals surface area (Å²) in [6.45, 7) is 0. The van der Waals surface area contributed by atoms with Crippen molar-refractivity contribution in [3.63, 3.8) is 0 Å². The number of hydrogen-bond acceptors (Lipinski definition) is 3. The largest absolute Gasteiger partial charge is 0.264 e. The summed E-state index contributed by atoms with van der Waals surface area (Å²) in [7, 11) is 0. The molecule has 0 radical (unpaired) electrons. The molecular weight excluding hydrogens is 264 g/mol. The summed E-state index contributed by atoms with van der Waals surface area (Å²) in [5, 5.41) is 1.69. The molecular formula is C14H9ClN2S. The van der Waals surface area contributed by atoms with Crippen LogP contribution in [-0.2, 0) is 0 Å². The summed E-state index contributed by atoms with van der Waals surface area (Å²) >= 11 is 7.59. The predicted molar refractivity (Wildman–Crippen MR) is 77.8 cm³/mol. The molecule has 0 saturated carbocycles. The fourth-order valence-corrected chi connectivity index (χ4v) is 2.65. The predicted octanol–water partition coefficient (Wildman–Crippen LogP) is 4.52. The number of halogens is 1. The van der Waals surface area contributed by atoms with Gasteiger partial charge in [-0.15, -0.1) is 11.3 Å². The average Bonchev–Trinajstić information content (AvgIpc) is 2.79. The van der Waals surface area contributed by atoms with E-state index in [1.54, 1.807) is 17.5 Å². The van der Waals surface area contributed by atoms with Crippen molar-refractivity contribution in [1.82, 2.24) is 9.97 Å². The lowest BCUT2D eigenvalue weighted by molar-refractivity contribution is 1.32. The monoisotopic (exact) mass is 272 g/mol. The Bertz CT molecular complexity index is 704. The Labute approximate surface area is 114 Å². The molecule has 0 aliphatic carbocycles. The van der Waals surface area contributed by atoms with Crippen LogP contribution >= 0.6 is 22.9 Å². The van der Waals surface area contributed by atoms with Gasteiger partial charge in [0.05, 0.1) is 10.2 Å². The van der Waals surface area contributed by atoms with E-state index >= 15 is 0 Å². The smallest absolute Gasteiger partial charge is 0.117 e. The lowest BCUT2D eigenvalue weighted by Gasteiger charge is -1.88. The maximum Gasteiger partial charge on any atom is 0.117 e. The zero-order valence-corrected chi connectivity index (χ0v) is 10.9. The van der Waals surface area contributed by atoms with Gasteiger partial charge in [0.25, 0.3) is 0 Å². The summed E-state index contributed by atoms with van der Waals surface area (Å²) in [5.74, 6) is 0. The summed E-state index contributed by atoms with van der Waals surface area (Å²) in [6, 6.07) is 9.69. The fourth-order valence-electron chi connectivity index (χ4n) is 1.63. The second-order valence-electron chi connectivity index (χ2n) is 3.78. The standard InChI is InChI=1S/C14H9ClN2S/c15-11-4-5-13-12(8-11)17-14(18-13)6-3-10-2-1-7-16-9-10/h1-9H/b6-3+. The third kappa shape index (κ3) is 2.42. The molecule has 0 aliphatic heterocycles. The number of thiazole rings is 1. The molecule has 88 valence electrons. The lowest BCUT2D eigenvalue weighted by atomic mass is 10.3. The molecule has 0 N–H and O–H groups in total. The van der Waals surface area contributed by atoms with Crippen LogP contribution in [0.25, 0.3) is 22.4 Å². The number of benzene rings is 1. The average molecular weight is 273 g/mol. The second kappa shape index (κ2) is 4.88. The zero-order valence-electron chi connectivity index (χ0n) is 9.38. The molecule has 0 spiro atoms. The van der Waals surface area contributed by atoms with Gasteiger partial charge in [0.15, 0.2) is 0 Å². The van der Waals surface area contributed by atoms with Gasteiger partial charge in [0.1, 0.15) is 5.01 Å². The molecule has 0 fully saturated rings. The number of fused-ring (bicyclic) bond motifs is 1. The van der Waals surface area contributed by atoms with Gasteiger partial charge in [-0.3, -0.25) is 4.98 Å². The van der Waals surface area contributed by atoms with Crippen LogP contribution in [0.15, 0.2) is 42.7 Å². The highest BCUT2D eigenvalue weighted by atomic mass is 35.5. The number of nitrogens with zero attached hydrogens (tertiary/aromatic N) is 2. The maximum absolute atomic E-state index is 5.94. The summed E-state index contributed by atoms with van der Waals surface area (Å²) in [5.41, 5.74) is 2.01. The van der Waals surface area contributed by atoms with E-state index in [1.807, 2.05) is 48.7 Å². The molecule has 0 aliphatic rings. The van der Waals surface area contributed by atoms with E-state index in [0.29, 0.717) is 0 Å². The van der Waals surface area contributed by atoms with E-state index in [0.717, 1.165) is 25.8 Å². The number of aromatic nitrogens is 2. The molecule has 0 unspecified atom stereocenters. The molecule has 1 aromatic carbocycles. The lowest BCUT2D eigenvalue weighted by Crippen LogP contribution is -1.73. The van der Waals surface area contributed by atoms with Crippen molar-refractivity contribution in [3.8, 4) is 0 Å². The van der Waals surface area contributed by atoms with Crippen LogP contribution in [0.5, 0.6) is 0 Å². The number of hydrogen-bond donors (Lipinski definition) is 0. The molecule has 3 aromatic rings. The molecule has 18 heavy (non-hydrogen) atoms. The molecule has 2 heterocycles. The minimum atomic E-state index is 0.718. The minimum Gasteiger partial charge on any atom is -0.264 e. The Morgan fingerprint density at radius 2 is 2.11 bits per heavy atom. The van der Waals surface area contributed by atoms with E-state index in [9.17, 15) is 0 Å². The zero-order chi connectivity index (χ0) is 12.4. The Morgan fingerprint density at radius 1 is 1.17 bits per heavy atom. The van der Waals surface area contributed by atoms with Gasteiger partial charge in [-0.1, -0.05) is 23.7 Å². The highest BCUT2D eigenvalue weighted by Gasteiger charge is 2.01. The Balaban J connectivity index is 1.93. The maximum atomic E-state index is 5.94. The van der Waals surface area contributed by atoms with Crippen molar-refractivity contribution in [3.05, 3.63) is 58.3 Å². The van der Waals surface area contributed by atoms with Crippen molar-refractivity contribution in [2.75, 3.05) is 0 Å². The normalized spacial score (nSPS) is 11.4. The highest BCUT2D eigenvalue weighted by molar-refractivity contribution is 7.19. The van der Waals surface area contributed by atoms with Crippen molar-refractivity contribution in [2.45, 2.75) is 0 Å². The molecule has 2 aromatic heterocycles. The van der Waals surface area contributed by atoms with Crippen LogP contribution in [0, 0.1) is 0 Å². The first-order chi connectivity index (χ1) is 8.81. The minimum absolute atomic E-state index is 0.718. The Morgan fingerprint density at radius 3 is 2.94 bits per heavy atom. The number of pyridine rings is 1. The fraction of sp³-hybridized carbons (Fsp3) is 0. The van der Waals surface area contributed by atoms with Gasteiger partial charge in [-0.2, -0.15) is 0 Å². The highest BCUT2D eigenvalue weighted by Crippen LogP contribution is 2.25. The first kappa shape index (κ1) is 11.4. The Hall–Kier alpha value is -1.71. The third-order valence-corrected chi connectivity index (χ3v) is 3.71. The first-order valence-electron chi connectivity index (χ1n) is 5.45. The van der Waals surface area contributed by atoms with Gasteiger partial charge in [0, 0.05) is 17.4 Å². The summed E-state index contributed by atoms with van der Waals surface area (Å²) in [6.07, 6.45) is 7.58. The van der Waals surface area contributed by atoms with Gasteiger partial charge >= 0.3 is 0 Å². The molecule has 0 amide bonds. The SMILES string of the molecule is Clc1ccc2sc(/C=C/c3cccnc3)nc2c1. The topological polar surface area (TPSA) is 25.8 Å². The summed E-state index contributed by atoms with van der Waals surface area (Å²) < 4.78 is 1.14. The quantitative estimate of drug-likeness (QED) is 0.686. The van der Waals surface area contributed by atoms with Crippen LogP contribution in [0.3, 0.4) is 0 Å². The van der Waals surface area contributed by atoms with Gasteiger partial charge < -0.3 is 0 Å². The Kier molecular flexibility index (Phi) is 3.09. The van der Waals surface area contributed by atoms with Crippen LogP contribution in [0.1, 0.15) is 10.6 Å². The second-order valence-corrected chi connectivity index (χ2v) is 5.28. The van der Waals surface area contributed by atoms with Crippen molar-refractivity contribution >= 4 is 45.3 Å². The number of rotatable bonds is 2. The van der Waals surface area contributed by atoms with Crippen LogP contribution in [0.4, 0.5) is 0 Å². The van der Waals surface area contributed by atoms with Crippen LogP contribution in [-0.4, -0.2) is 9.97 Å². The van der Waals surface area contributed by atoms with Gasteiger partial charge in [0.2, 0.25) is 0 Å². The van der Waals surface area contributed by atoms with E-state index in [-0.39, 0.29) is 0 Å². The molecule has 0 atom stereocenters. The third-order valence-electron chi connectivity index (χ3n) is 2.47. The summed E-state index contributed by atoms with van der Waals surface area (Å²) in [4.78, 5) is 8.58. The van der Waals surface area contributed by atoms with E-state index < -0.39 is 0 Å². The van der Waals surface area contributed by atoms with E-state index in [1.165, 1.54) is 0 Å². The van der Waals surface area contributed by atoms with E-state index in [4.69, 9.17) is 11.6 Å². The van der Waals surface area contributed by atoms with Gasteiger partial charge in [-0.05, 0) is 35.9 Å². The van der Waals surface area contributed by atoms with Crippen molar-refractivity contribution in [2.24, 2.45) is 0 Å².